The van der Waals surface area contributed by atoms with Gasteiger partial charge >= 0.3 is 0 Å². The van der Waals surface area contributed by atoms with Gasteiger partial charge in [-0.1, -0.05) is 26.2 Å². The summed E-state index contributed by atoms with van der Waals surface area (Å²) in [4.78, 5) is 4.70. The number of aromatic nitrogens is 2. The van der Waals surface area contributed by atoms with Gasteiger partial charge in [-0.15, -0.1) is 11.6 Å². The summed E-state index contributed by atoms with van der Waals surface area (Å²) in [6.07, 6.45) is 5.04. The van der Waals surface area contributed by atoms with E-state index in [0.29, 0.717) is 0 Å². The first-order valence-corrected chi connectivity index (χ1v) is 8.44. The van der Waals surface area contributed by atoms with Crippen LogP contribution in [-0.4, -0.2) is 9.55 Å². The number of fused-ring (bicyclic) bond motifs is 1. The third-order valence-electron chi connectivity index (χ3n) is 3.33. The summed E-state index contributed by atoms with van der Waals surface area (Å²) in [6, 6.07) is 6.42. The van der Waals surface area contributed by atoms with Gasteiger partial charge in [0.1, 0.15) is 5.82 Å². The van der Waals surface area contributed by atoms with Crippen LogP contribution >= 0.6 is 34.2 Å². The second-order valence-electron chi connectivity index (χ2n) is 4.93. The maximum absolute atomic E-state index is 6.27. The molecule has 0 bridgehead atoms. The third kappa shape index (κ3) is 3.63. The van der Waals surface area contributed by atoms with Crippen molar-refractivity contribution in [3.8, 4) is 0 Å². The lowest BCUT2D eigenvalue weighted by molar-refractivity contribution is 0.574. The van der Waals surface area contributed by atoms with Gasteiger partial charge < -0.3 is 4.57 Å². The van der Waals surface area contributed by atoms with Crippen molar-refractivity contribution in [2.45, 2.75) is 51.5 Å². The molecule has 2 rings (SSSR count). The molecule has 1 aromatic carbocycles. The average Bonchev–Trinajstić information content (AvgIpc) is 2.72. The number of nitrogens with zero attached hydrogens (tertiary/aromatic N) is 2. The molecule has 1 atom stereocenters. The molecule has 4 heteroatoms. The molecule has 0 saturated carbocycles. The fraction of sp³-hybridized carbons (Fsp3) is 0.533. The molecule has 0 aliphatic rings. The molecule has 1 aromatic heterocycles. The summed E-state index contributed by atoms with van der Waals surface area (Å²) in [5.41, 5.74) is 2.27. The molecule has 0 radical (unpaired) electrons. The minimum Gasteiger partial charge on any atom is -0.327 e. The van der Waals surface area contributed by atoms with E-state index in [1.807, 2.05) is 6.92 Å². The van der Waals surface area contributed by atoms with Crippen LogP contribution in [0, 0.1) is 3.57 Å². The molecule has 2 nitrogen and oxygen atoms in total. The molecular weight excluding hydrogens is 371 g/mol. The first-order chi connectivity index (χ1) is 9.13. The zero-order chi connectivity index (χ0) is 13.8. The van der Waals surface area contributed by atoms with E-state index in [-0.39, 0.29) is 5.38 Å². The second-order valence-corrected chi connectivity index (χ2v) is 6.83. The number of halogens is 2. The molecule has 1 heterocycles. The second kappa shape index (κ2) is 6.93. The highest BCUT2D eigenvalue weighted by molar-refractivity contribution is 14.1. The van der Waals surface area contributed by atoms with E-state index in [1.54, 1.807) is 0 Å². The van der Waals surface area contributed by atoms with E-state index >= 15 is 0 Å². The van der Waals surface area contributed by atoms with Crippen molar-refractivity contribution in [3.05, 3.63) is 27.6 Å². The number of alkyl halides is 1. The summed E-state index contributed by atoms with van der Waals surface area (Å²) in [5, 5.41) is -0.0452. The number of unbranched alkanes of at least 4 members (excludes halogenated alkanes) is 3. The lowest BCUT2D eigenvalue weighted by atomic mass is 10.2. The van der Waals surface area contributed by atoms with E-state index in [9.17, 15) is 0 Å². The number of imidazole rings is 1. The quantitative estimate of drug-likeness (QED) is 0.361. The molecule has 1 unspecified atom stereocenters. The zero-order valence-corrected chi connectivity index (χ0v) is 14.4. The Morgan fingerprint density at radius 2 is 2.11 bits per heavy atom. The van der Waals surface area contributed by atoms with Gasteiger partial charge in [0.2, 0.25) is 0 Å². The molecule has 19 heavy (non-hydrogen) atoms. The Morgan fingerprint density at radius 1 is 1.32 bits per heavy atom. The Hall–Kier alpha value is -0.290. The van der Waals surface area contributed by atoms with Crippen LogP contribution in [0.5, 0.6) is 0 Å². The summed E-state index contributed by atoms with van der Waals surface area (Å²) in [6.45, 7) is 5.25. The molecule has 2 aromatic rings. The van der Waals surface area contributed by atoms with Crippen LogP contribution in [0.25, 0.3) is 11.0 Å². The predicted molar refractivity (Wildman–Crippen MR) is 90.9 cm³/mol. The van der Waals surface area contributed by atoms with Crippen LogP contribution in [0.4, 0.5) is 0 Å². The van der Waals surface area contributed by atoms with E-state index in [4.69, 9.17) is 16.6 Å². The summed E-state index contributed by atoms with van der Waals surface area (Å²) in [7, 11) is 0. The number of hydrogen-bond acceptors (Lipinski definition) is 1. The van der Waals surface area contributed by atoms with E-state index in [2.05, 4.69) is 52.3 Å². The molecule has 104 valence electrons. The van der Waals surface area contributed by atoms with Crippen molar-refractivity contribution >= 4 is 45.2 Å². The molecule has 0 aliphatic carbocycles. The summed E-state index contributed by atoms with van der Waals surface area (Å²) in [5.74, 6) is 0.996. The fourth-order valence-electron chi connectivity index (χ4n) is 2.36. The SMILES string of the molecule is CCCCCCn1c(C(C)Cl)nc2cc(I)ccc21. The standard InChI is InChI=1S/C15H20ClIN2/c1-3-4-5-6-9-19-14-8-7-12(17)10-13(14)18-15(19)11(2)16/h7-8,10-11H,3-6,9H2,1-2H3. The Bertz CT molecular complexity index is 548. The van der Waals surface area contributed by atoms with Crippen LogP contribution in [0.15, 0.2) is 18.2 Å². The van der Waals surface area contributed by atoms with Crippen molar-refractivity contribution in [2.75, 3.05) is 0 Å². The Balaban J connectivity index is 2.30. The molecule has 0 spiro atoms. The first kappa shape index (κ1) is 15.1. The Morgan fingerprint density at radius 3 is 2.79 bits per heavy atom. The Labute approximate surface area is 133 Å². The molecule has 0 aliphatic heterocycles. The monoisotopic (exact) mass is 390 g/mol. The van der Waals surface area contributed by atoms with Gasteiger partial charge in [0, 0.05) is 10.1 Å². The largest absolute Gasteiger partial charge is 0.327 e. The summed E-state index contributed by atoms with van der Waals surface area (Å²) >= 11 is 8.60. The molecule has 0 amide bonds. The van der Waals surface area contributed by atoms with Gasteiger partial charge in [0.15, 0.2) is 0 Å². The predicted octanol–water partition coefficient (Wildman–Crippen LogP) is 5.52. The van der Waals surface area contributed by atoms with Crippen LogP contribution in [0.3, 0.4) is 0 Å². The highest BCUT2D eigenvalue weighted by Crippen LogP contribution is 2.26. The maximum Gasteiger partial charge on any atom is 0.127 e. The maximum atomic E-state index is 6.27. The first-order valence-electron chi connectivity index (χ1n) is 6.93. The van der Waals surface area contributed by atoms with E-state index in [1.165, 1.54) is 34.8 Å². The van der Waals surface area contributed by atoms with Crippen LogP contribution in [0.1, 0.15) is 50.7 Å². The zero-order valence-electron chi connectivity index (χ0n) is 11.5. The minimum absolute atomic E-state index is 0.0452. The van der Waals surface area contributed by atoms with Crippen molar-refractivity contribution in [2.24, 2.45) is 0 Å². The number of hydrogen-bond donors (Lipinski definition) is 0. The highest BCUT2D eigenvalue weighted by atomic mass is 127. The molecule has 0 N–H and O–H groups in total. The van der Waals surface area contributed by atoms with Gasteiger partial charge in [-0.3, -0.25) is 0 Å². The van der Waals surface area contributed by atoms with Crippen molar-refractivity contribution in [3.63, 3.8) is 0 Å². The van der Waals surface area contributed by atoms with Crippen molar-refractivity contribution in [1.29, 1.82) is 0 Å². The van der Waals surface area contributed by atoms with Gasteiger partial charge in [-0.2, -0.15) is 0 Å². The lowest BCUT2D eigenvalue weighted by Gasteiger charge is -2.10. The Kier molecular flexibility index (Phi) is 5.51. The van der Waals surface area contributed by atoms with E-state index in [0.717, 1.165) is 17.9 Å². The summed E-state index contributed by atoms with van der Waals surface area (Å²) < 4.78 is 3.51. The normalized spacial score (nSPS) is 13.1. The minimum atomic E-state index is -0.0452. The number of aryl methyl sites for hydroxylation is 1. The molecular formula is C15H20ClIN2. The average molecular weight is 391 g/mol. The van der Waals surface area contributed by atoms with Crippen LogP contribution in [0.2, 0.25) is 0 Å². The number of rotatable bonds is 6. The van der Waals surface area contributed by atoms with Gasteiger partial charge in [-0.05, 0) is 54.1 Å². The molecule has 0 saturated heterocycles. The van der Waals surface area contributed by atoms with Gasteiger partial charge in [0.25, 0.3) is 0 Å². The van der Waals surface area contributed by atoms with Crippen LogP contribution in [-0.2, 0) is 6.54 Å². The topological polar surface area (TPSA) is 17.8 Å². The van der Waals surface area contributed by atoms with Gasteiger partial charge in [-0.25, -0.2) is 4.98 Å². The highest BCUT2D eigenvalue weighted by Gasteiger charge is 2.14. The van der Waals surface area contributed by atoms with Crippen molar-refractivity contribution in [1.82, 2.24) is 9.55 Å². The van der Waals surface area contributed by atoms with Crippen LogP contribution < -0.4 is 0 Å². The van der Waals surface area contributed by atoms with Crippen molar-refractivity contribution < 1.29 is 0 Å². The fourth-order valence-corrected chi connectivity index (χ4v) is 3.00. The lowest BCUT2D eigenvalue weighted by Crippen LogP contribution is -2.04. The smallest absolute Gasteiger partial charge is 0.127 e. The molecule has 0 fully saturated rings. The number of benzene rings is 1. The third-order valence-corrected chi connectivity index (χ3v) is 4.20. The van der Waals surface area contributed by atoms with Gasteiger partial charge in [0.05, 0.1) is 16.4 Å². The van der Waals surface area contributed by atoms with E-state index < -0.39 is 0 Å².